The summed E-state index contributed by atoms with van der Waals surface area (Å²) in [6.07, 6.45) is 0. The van der Waals surface area contributed by atoms with Crippen LogP contribution in [0.25, 0.3) is 0 Å². The lowest BCUT2D eigenvalue weighted by Gasteiger charge is -2.00. The molecule has 0 aliphatic carbocycles. The molecule has 0 amide bonds. The van der Waals surface area contributed by atoms with E-state index >= 15 is 0 Å². The molecule has 0 aromatic rings. The maximum Gasteiger partial charge on any atom is 0.142 e. The van der Waals surface area contributed by atoms with E-state index in [4.69, 9.17) is 9.11 Å². The van der Waals surface area contributed by atoms with E-state index in [1.165, 1.54) is 21.6 Å². The van der Waals surface area contributed by atoms with Crippen molar-refractivity contribution in [2.24, 2.45) is 0 Å². The van der Waals surface area contributed by atoms with Crippen molar-refractivity contribution in [2.45, 2.75) is 0 Å². The molecule has 0 rings (SSSR count). The molecule has 2 N–H and O–H groups in total. The van der Waals surface area contributed by atoms with Crippen molar-refractivity contribution in [3.63, 3.8) is 0 Å². The summed E-state index contributed by atoms with van der Waals surface area (Å²) in [6, 6.07) is 0. The first-order valence-electron chi connectivity index (χ1n) is 3.35. The second-order valence-electron chi connectivity index (χ2n) is 2.22. The molecule has 0 saturated carbocycles. The molecule has 2 unspecified atom stereocenters. The number of rotatable bonds is 7. The van der Waals surface area contributed by atoms with Gasteiger partial charge in [-0.1, -0.05) is 21.6 Å². The molecule has 0 bridgehead atoms. The monoisotopic (exact) mass is 314 g/mol. The molecule has 2 atom stereocenters. The molecule has 0 heterocycles. The van der Waals surface area contributed by atoms with Gasteiger partial charge in [0.15, 0.2) is 0 Å². The summed E-state index contributed by atoms with van der Waals surface area (Å²) in [5.74, 6) is 1.02. The molecule has 0 fully saturated rings. The van der Waals surface area contributed by atoms with Crippen LogP contribution in [-0.4, -0.2) is 40.5 Å². The summed E-state index contributed by atoms with van der Waals surface area (Å²) >= 11 is 8.56. The van der Waals surface area contributed by atoms with Crippen LogP contribution in [-0.2, 0) is 39.9 Å². The summed E-state index contributed by atoms with van der Waals surface area (Å²) in [6.45, 7) is 0. The van der Waals surface area contributed by atoms with Gasteiger partial charge < -0.3 is 9.11 Å². The van der Waals surface area contributed by atoms with Gasteiger partial charge in [0, 0.05) is 33.9 Å². The predicted molar refractivity (Wildman–Crippen MR) is 70.9 cm³/mol. The highest BCUT2D eigenvalue weighted by Gasteiger charge is 2.02. The van der Waals surface area contributed by atoms with E-state index in [1.54, 1.807) is 0 Å². The minimum absolute atomic E-state index is 0.0579. The minimum Gasteiger partial charge on any atom is -0.306 e. The van der Waals surface area contributed by atoms with Crippen LogP contribution in [0.5, 0.6) is 0 Å². The van der Waals surface area contributed by atoms with Crippen molar-refractivity contribution in [3.8, 4) is 0 Å². The van der Waals surface area contributed by atoms with Crippen LogP contribution in [0.2, 0.25) is 0 Å². The van der Waals surface area contributed by atoms with E-state index in [0.717, 1.165) is 0 Å². The molecule has 10 heteroatoms. The van der Waals surface area contributed by atoms with Crippen LogP contribution >= 0.6 is 21.6 Å². The maximum atomic E-state index is 10.6. The highest BCUT2D eigenvalue weighted by molar-refractivity contribution is 8.76. The third-order valence-electron chi connectivity index (χ3n) is 0.933. The minimum atomic E-state index is -3.07. The summed E-state index contributed by atoms with van der Waals surface area (Å²) in [4.78, 5) is 0. The zero-order chi connectivity index (χ0) is 11.2. The van der Waals surface area contributed by atoms with Crippen molar-refractivity contribution in [1.29, 1.82) is 0 Å². The normalized spacial score (nSPS) is 19.9. The average molecular weight is 315 g/mol. The molecule has 0 radical (unpaired) electrons. The first-order chi connectivity index (χ1) is 6.21. The van der Waals surface area contributed by atoms with Gasteiger partial charge in [0.1, 0.15) is 17.5 Å². The van der Waals surface area contributed by atoms with Gasteiger partial charge in [-0.2, -0.15) is 0 Å². The summed E-state index contributed by atoms with van der Waals surface area (Å²) in [7, 11) is -3.44. The Kier molecular flexibility index (Phi) is 7.50. The second-order valence-corrected chi connectivity index (χ2v) is 11.2. The molecule has 86 valence electrons. The molecule has 0 aromatic heterocycles. The largest absolute Gasteiger partial charge is 0.306 e. The fourth-order valence-electron chi connectivity index (χ4n) is 0.397. The van der Waals surface area contributed by atoms with E-state index in [9.17, 15) is 8.42 Å². The Balaban J connectivity index is 3.41. The van der Waals surface area contributed by atoms with Crippen LogP contribution in [0.15, 0.2) is 0 Å². The van der Waals surface area contributed by atoms with Crippen molar-refractivity contribution in [2.75, 3.05) is 23.0 Å². The number of hydrogen-bond donors (Lipinski definition) is 2. The Morgan fingerprint density at radius 2 is 1.21 bits per heavy atom. The quantitative estimate of drug-likeness (QED) is 0.528. The summed E-state index contributed by atoms with van der Waals surface area (Å²) in [5.41, 5.74) is 0. The van der Waals surface area contributed by atoms with Gasteiger partial charge >= 0.3 is 0 Å². The predicted octanol–water partition coefficient (Wildman–Crippen LogP) is 0.806. The molecule has 0 saturated heterocycles. The Morgan fingerprint density at radius 3 is 1.43 bits per heavy atom. The van der Waals surface area contributed by atoms with Crippen molar-refractivity contribution < 1.29 is 17.5 Å². The van der Waals surface area contributed by atoms with Gasteiger partial charge in [0.25, 0.3) is 0 Å². The molecule has 0 aliphatic heterocycles. The second kappa shape index (κ2) is 6.84. The van der Waals surface area contributed by atoms with Gasteiger partial charge in [0.05, 0.1) is 11.5 Å². The first-order valence-corrected chi connectivity index (χ1v) is 11.1. The van der Waals surface area contributed by atoms with Crippen LogP contribution in [0.1, 0.15) is 0 Å². The first kappa shape index (κ1) is 15.4. The molecule has 0 spiro atoms. The molecule has 14 heavy (non-hydrogen) atoms. The molecule has 0 aliphatic rings. The van der Waals surface area contributed by atoms with Gasteiger partial charge in [-0.15, -0.1) is 0 Å². The lowest BCUT2D eigenvalue weighted by Crippen LogP contribution is -2.05. The molecule has 0 aromatic carbocycles. The maximum absolute atomic E-state index is 10.6. The van der Waals surface area contributed by atoms with E-state index in [0.29, 0.717) is 11.5 Å². The third-order valence-corrected chi connectivity index (χ3v) is 6.30. The van der Waals surface area contributed by atoms with Gasteiger partial charge in [-0.25, -0.2) is 8.42 Å². The van der Waals surface area contributed by atoms with Gasteiger partial charge in [-0.3, -0.25) is 0 Å². The van der Waals surface area contributed by atoms with Crippen LogP contribution in [0.4, 0.5) is 0 Å². The Hall–Kier alpha value is 1.36. The van der Waals surface area contributed by atoms with Crippen molar-refractivity contribution in [3.05, 3.63) is 0 Å². The Labute approximate surface area is 101 Å². The van der Waals surface area contributed by atoms with Crippen molar-refractivity contribution >= 4 is 61.5 Å². The highest BCUT2D eigenvalue weighted by atomic mass is 33.1. The van der Waals surface area contributed by atoms with E-state index in [1.807, 2.05) is 0 Å². The van der Waals surface area contributed by atoms with Gasteiger partial charge in [-0.05, 0) is 0 Å². The SMILES string of the molecule is O=S(O)(=S)CCSSCCS(=O)(O)=S. The van der Waals surface area contributed by atoms with Crippen LogP contribution in [0, 0.1) is 0 Å². The fraction of sp³-hybridized carbons (Fsp3) is 1.00. The third kappa shape index (κ3) is 13.4. The van der Waals surface area contributed by atoms with Crippen LogP contribution < -0.4 is 0 Å². The zero-order valence-electron chi connectivity index (χ0n) is 6.99. The molecule has 4 nitrogen and oxygen atoms in total. The molecular weight excluding hydrogens is 304 g/mol. The lowest BCUT2D eigenvalue weighted by molar-refractivity contribution is 0.562. The zero-order valence-corrected chi connectivity index (χ0v) is 11.9. The topological polar surface area (TPSA) is 74.6 Å². The van der Waals surface area contributed by atoms with Crippen molar-refractivity contribution in [1.82, 2.24) is 0 Å². The summed E-state index contributed by atoms with van der Waals surface area (Å²) in [5, 5.41) is 0. The average Bonchev–Trinajstić information content (AvgIpc) is 1.92. The smallest absolute Gasteiger partial charge is 0.142 e. The van der Waals surface area contributed by atoms with Gasteiger partial charge in [0.2, 0.25) is 0 Å². The van der Waals surface area contributed by atoms with Crippen LogP contribution in [0.3, 0.4) is 0 Å². The lowest BCUT2D eigenvalue weighted by atomic mass is 11.0. The highest BCUT2D eigenvalue weighted by Crippen LogP contribution is 2.21. The summed E-state index contributed by atoms with van der Waals surface area (Å²) < 4.78 is 38.7. The Morgan fingerprint density at radius 1 is 0.929 bits per heavy atom. The standard InChI is InChI=1S/C4H10O4S6/c5-13(6,9)3-1-11-12-2-4-14(7,8)10/h1-4H2,(H,5,6,9)(H,7,8,10). The van der Waals surface area contributed by atoms with E-state index in [2.05, 4.69) is 22.4 Å². The molecular formula is C4H10O4S6. The fourth-order valence-corrected chi connectivity index (χ4v) is 6.02. The number of hydrogen-bond acceptors (Lipinski definition) is 6. The van der Waals surface area contributed by atoms with E-state index < -0.39 is 17.5 Å². The van der Waals surface area contributed by atoms with E-state index in [-0.39, 0.29) is 11.5 Å². The Bertz CT molecular complexity index is 306.